The second kappa shape index (κ2) is 18.4. The number of alkyl carbamates (subject to hydrolysis) is 1. The molecule has 63 heavy (non-hydrogen) atoms. The summed E-state index contributed by atoms with van der Waals surface area (Å²) < 4.78 is 52.7. The second-order valence-electron chi connectivity index (χ2n) is 14.3. The minimum atomic E-state index is -4.46. The van der Waals surface area contributed by atoms with E-state index in [2.05, 4.69) is 41.7 Å². The minimum Gasteiger partial charge on any atom is -0.450 e. The SMILES string of the molecule is Cn1c(=O)n(C2CCC(=O)NC2=O)c2ccc(CNC(=O)OCCCNCc3ccc(-n4cc(NC(=O)c5coc(-c6ccnc(NCC(F)(F)F)c6)n5)c(C(N)=O)n4)cc3)cc21. The minimum absolute atomic E-state index is 0.00455. The summed E-state index contributed by atoms with van der Waals surface area (Å²) in [5.74, 6) is -2.70. The quantitative estimate of drug-likeness (QED) is 0.0603. The Morgan fingerprint density at radius 1 is 1.02 bits per heavy atom. The van der Waals surface area contributed by atoms with Gasteiger partial charge in [0, 0.05) is 38.3 Å². The summed E-state index contributed by atoms with van der Waals surface area (Å²) in [5, 5.41) is 17.2. The number of hydrogen-bond acceptors (Lipinski definition) is 13. The van der Waals surface area contributed by atoms with Crippen LogP contribution < -0.4 is 38.0 Å². The largest absolute Gasteiger partial charge is 0.450 e. The van der Waals surface area contributed by atoms with Gasteiger partial charge >= 0.3 is 18.0 Å². The third-order valence-corrected chi connectivity index (χ3v) is 9.78. The number of carbonyl (C=O) groups is 5. The molecule has 4 aromatic heterocycles. The lowest BCUT2D eigenvalue weighted by atomic mass is 10.1. The molecule has 23 heteroatoms. The van der Waals surface area contributed by atoms with E-state index in [1.807, 2.05) is 12.1 Å². The number of aryl methyl sites for hydroxylation is 1. The van der Waals surface area contributed by atoms with Crippen molar-refractivity contribution >= 4 is 52.3 Å². The monoisotopic (exact) mass is 872 g/mol. The molecule has 0 radical (unpaired) electrons. The van der Waals surface area contributed by atoms with Crippen molar-refractivity contribution in [3.63, 3.8) is 0 Å². The molecule has 1 fully saturated rings. The number of primary amides is 1. The average molecular weight is 873 g/mol. The van der Waals surface area contributed by atoms with Gasteiger partial charge in [-0.3, -0.25) is 33.6 Å². The standard InChI is InChI=1S/C40H39F3N12O8/c1-53-30-15-23(5-8-28(30)55(39(53)61)29-9-10-32(56)51-36(29)59)18-47-38(60)62-14-2-12-45-17-22-3-6-25(7-4-22)54-19-26(33(52-54)34(44)57)49-35(58)27-20-63-37(50-27)24-11-13-46-31(16-24)48-21-40(41,42)43/h3-8,11,13,15-16,19-20,29,45H,2,9-10,12,14,17-18,21H2,1H3,(H2,44,57)(H,46,48)(H,47,60)(H,49,58)(H,51,56,59). The molecule has 2 aromatic carbocycles. The number of oxazole rings is 1. The number of imide groups is 1. The number of nitrogens with zero attached hydrogens (tertiary/aromatic N) is 6. The van der Waals surface area contributed by atoms with Crippen molar-refractivity contribution in [2.45, 2.75) is 44.6 Å². The zero-order valence-corrected chi connectivity index (χ0v) is 33.3. The maximum absolute atomic E-state index is 13.1. The molecule has 328 valence electrons. The van der Waals surface area contributed by atoms with Crippen LogP contribution in [0.25, 0.3) is 28.2 Å². The molecule has 5 heterocycles. The van der Waals surface area contributed by atoms with Gasteiger partial charge in [-0.1, -0.05) is 18.2 Å². The van der Waals surface area contributed by atoms with Crippen LogP contribution in [-0.4, -0.2) is 84.5 Å². The fraction of sp³-hybridized carbons (Fsp3) is 0.275. The molecular formula is C40H39F3N12O8. The molecule has 6 aromatic rings. The Balaban J connectivity index is 0.850. The van der Waals surface area contributed by atoms with Gasteiger partial charge in [0.05, 0.1) is 35.2 Å². The Morgan fingerprint density at radius 3 is 2.54 bits per heavy atom. The molecular weight excluding hydrogens is 834 g/mol. The molecule has 7 N–H and O–H groups in total. The highest BCUT2D eigenvalue weighted by Crippen LogP contribution is 2.26. The van der Waals surface area contributed by atoms with Gasteiger partial charge < -0.3 is 36.2 Å². The number of alkyl halides is 3. The van der Waals surface area contributed by atoms with Crippen LogP contribution in [0.15, 0.2) is 82.5 Å². The fourth-order valence-electron chi connectivity index (χ4n) is 6.66. The number of nitrogens with two attached hydrogens (primary N) is 1. The third kappa shape index (κ3) is 10.4. The molecule has 0 saturated carbocycles. The first-order valence-electron chi connectivity index (χ1n) is 19.3. The summed E-state index contributed by atoms with van der Waals surface area (Å²) in [6.45, 7) is 0.00605. The summed E-state index contributed by atoms with van der Waals surface area (Å²) in [7, 11) is 1.59. The predicted molar refractivity (Wildman–Crippen MR) is 217 cm³/mol. The molecule has 5 amide bonds. The van der Waals surface area contributed by atoms with Crippen LogP contribution in [-0.2, 0) is 34.5 Å². The molecule has 0 bridgehead atoms. The molecule has 1 aliphatic heterocycles. The van der Waals surface area contributed by atoms with Crippen molar-refractivity contribution in [1.82, 2.24) is 44.8 Å². The van der Waals surface area contributed by atoms with E-state index in [1.54, 1.807) is 37.4 Å². The molecule has 1 atom stereocenters. The van der Waals surface area contributed by atoms with E-state index < -0.39 is 42.6 Å². The molecule has 0 spiro atoms. The van der Waals surface area contributed by atoms with Crippen LogP contribution in [0, 0.1) is 0 Å². The van der Waals surface area contributed by atoms with Crippen LogP contribution in [0.2, 0.25) is 0 Å². The van der Waals surface area contributed by atoms with Crippen LogP contribution in [0.1, 0.15) is 57.4 Å². The van der Waals surface area contributed by atoms with Crippen molar-refractivity contribution in [2.75, 3.05) is 30.3 Å². The number of hydrogen-bond donors (Lipinski definition) is 6. The van der Waals surface area contributed by atoms with E-state index in [1.165, 1.54) is 38.3 Å². The topological polar surface area (TPSA) is 264 Å². The van der Waals surface area contributed by atoms with Crippen molar-refractivity contribution in [1.29, 1.82) is 0 Å². The third-order valence-electron chi connectivity index (χ3n) is 9.78. The number of piperidine rings is 1. The number of fused-ring (bicyclic) bond motifs is 1. The first kappa shape index (κ1) is 43.3. The highest BCUT2D eigenvalue weighted by molar-refractivity contribution is 6.07. The Kier molecular flexibility index (Phi) is 12.7. The predicted octanol–water partition coefficient (Wildman–Crippen LogP) is 3.28. The van der Waals surface area contributed by atoms with Gasteiger partial charge in [0.25, 0.3) is 11.8 Å². The lowest BCUT2D eigenvalue weighted by Crippen LogP contribution is -2.44. The van der Waals surface area contributed by atoms with Crippen molar-refractivity contribution in [2.24, 2.45) is 12.8 Å². The van der Waals surface area contributed by atoms with Crippen LogP contribution in [0.4, 0.5) is 29.5 Å². The van der Waals surface area contributed by atoms with Gasteiger partial charge in [-0.2, -0.15) is 18.3 Å². The van der Waals surface area contributed by atoms with Gasteiger partial charge in [-0.15, -0.1) is 0 Å². The van der Waals surface area contributed by atoms with Crippen LogP contribution >= 0.6 is 0 Å². The maximum atomic E-state index is 13.1. The van der Waals surface area contributed by atoms with E-state index in [-0.39, 0.29) is 71.9 Å². The highest BCUT2D eigenvalue weighted by Gasteiger charge is 2.31. The molecule has 0 aliphatic carbocycles. The van der Waals surface area contributed by atoms with Gasteiger partial charge in [-0.05, 0) is 66.9 Å². The van der Waals surface area contributed by atoms with E-state index in [0.717, 1.165) is 11.8 Å². The highest BCUT2D eigenvalue weighted by atomic mass is 19.4. The van der Waals surface area contributed by atoms with Gasteiger partial charge in [0.2, 0.25) is 17.7 Å². The number of ether oxygens (including phenoxy) is 1. The van der Waals surface area contributed by atoms with E-state index in [0.29, 0.717) is 41.8 Å². The van der Waals surface area contributed by atoms with E-state index in [4.69, 9.17) is 14.9 Å². The van der Waals surface area contributed by atoms with E-state index in [9.17, 15) is 41.9 Å². The lowest BCUT2D eigenvalue weighted by molar-refractivity contribution is -0.135. The van der Waals surface area contributed by atoms with Crippen molar-refractivity contribution < 1.29 is 46.3 Å². The number of benzene rings is 2. The molecule has 20 nitrogen and oxygen atoms in total. The summed E-state index contributed by atoms with van der Waals surface area (Å²) in [4.78, 5) is 82.7. The lowest BCUT2D eigenvalue weighted by Gasteiger charge is -2.21. The Hall–Kier alpha value is -7.82. The maximum Gasteiger partial charge on any atom is 0.407 e. The van der Waals surface area contributed by atoms with Crippen LogP contribution in [0.5, 0.6) is 0 Å². The molecule has 7 rings (SSSR count). The Labute approximate surface area is 354 Å². The van der Waals surface area contributed by atoms with Crippen LogP contribution in [0.3, 0.4) is 0 Å². The number of halogens is 3. The summed E-state index contributed by atoms with van der Waals surface area (Å²) in [6, 6.07) is 14.3. The van der Waals surface area contributed by atoms with Crippen molar-refractivity contribution in [3.05, 3.63) is 106 Å². The molecule has 1 aliphatic rings. The number of imidazole rings is 1. The van der Waals surface area contributed by atoms with E-state index >= 15 is 0 Å². The first-order chi connectivity index (χ1) is 30.1. The van der Waals surface area contributed by atoms with Crippen molar-refractivity contribution in [3.8, 4) is 17.1 Å². The normalized spacial score (nSPS) is 14.1. The average Bonchev–Trinajstić information content (AvgIpc) is 3.98. The summed E-state index contributed by atoms with van der Waals surface area (Å²) >= 11 is 0. The van der Waals surface area contributed by atoms with Gasteiger partial charge in [0.15, 0.2) is 11.4 Å². The molecule has 1 unspecified atom stereocenters. The smallest absolute Gasteiger partial charge is 0.407 e. The Bertz CT molecular complexity index is 2760. The Morgan fingerprint density at radius 2 is 1.79 bits per heavy atom. The second-order valence-corrected chi connectivity index (χ2v) is 14.3. The number of nitrogens with one attached hydrogen (secondary N) is 5. The number of pyridine rings is 1. The zero-order valence-electron chi connectivity index (χ0n) is 33.3. The number of amides is 5. The number of aromatic nitrogens is 6. The fourth-order valence-corrected chi connectivity index (χ4v) is 6.66. The summed E-state index contributed by atoms with van der Waals surface area (Å²) in [6.07, 6.45) is -0.489. The van der Waals surface area contributed by atoms with Gasteiger partial charge in [-0.25, -0.2) is 24.2 Å². The number of rotatable bonds is 16. The zero-order chi connectivity index (χ0) is 44.8. The summed E-state index contributed by atoms with van der Waals surface area (Å²) in [5.41, 5.74) is 8.27. The number of anilines is 2. The first-order valence-corrected chi connectivity index (χ1v) is 19.3. The van der Waals surface area contributed by atoms with Gasteiger partial charge in [0.1, 0.15) is 24.7 Å². The number of carbonyl (C=O) groups excluding carboxylic acids is 5. The molecule has 1 saturated heterocycles.